The van der Waals surface area contributed by atoms with Gasteiger partial charge in [-0.25, -0.2) is 0 Å². The van der Waals surface area contributed by atoms with E-state index in [1.807, 2.05) is 30.3 Å². The molecule has 4 N–H and O–H groups in total. The molecule has 2 rings (SSSR count). The molecule has 0 spiro atoms. The first kappa shape index (κ1) is 14.5. The number of thioether (sulfide) groups is 1. The van der Waals surface area contributed by atoms with E-state index in [1.54, 1.807) is 11.6 Å². The fourth-order valence-electron chi connectivity index (χ4n) is 1.48. The molecule has 7 nitrogen and oxygen atoms in total. The number of nitrogens with two attached hydrogens (primary N) is 2. The summed E-state index contributed by atoms with van der Waals surface area (Å²) in [5.74, 6) is 0.0872. The molecule has 1 heterocycles. The van der Waals surface area contributed by atoms with Gasteiger partial charge >= 0.3 is 0 Å². The summed E-state index contributed by atoms with van der Waals surface area (Å²) < 4.78 is 1.64. The van der Waals surface area contributed by atoms with Gasteiger partial charge in [-0.15, -0.1) is 5.10 Å². The molecular weight excluding hydrogens is 276 g/mol. The molecule has 1 aromatic heterocycles. The van der Waals surface area contributed by atoms with Crippen LogP contribution in [0.25, 0.3) is 5.69 Å². The highest BCUT2D eigenvalue weighted by Crippen LogP contribution is 2.20. The molecule has 1 amide bonds. The first-order valence-corrected chi connectivity index (χ1v) is 7.04. The maximum Gasteiger partial charge on any atom is 0.237 e. The first-order valence-electron chi connectivity index (χ1n) is 6.06. The molecule has 0 radical (unpaired) electrons. The van der Waals surface area contributed by atoms with E-state index in [2.05, 4.69) is 15.5 Å². The Kier molecular flexibility index (Phi) is 4.35. The van der Waals surface area contributed by atoms with Crippen molar-refractivity contribution in [3.8, 4) is 5.69 Å². The Bertz CT molecular complexity index is 583. The fourth-order valence-corrected chi connectivity index (χ4v) is 2.54. The van der Waals surface area contributed by atoms with Crippen LogP contribution >= 0.6 is 11.8 Å². The van der Waals surface area contributed by atoms with E-state index in [0.717, 1.165) is 5.69 Å². The molecule has 0 aliphatic heterocycles. The molecule has 106 valence electrons. The van der Waals surface area contributed by atoms with Crippen LogP contribution < -0.4 is 11.5 Å². The van der Waals surface area contributed by atoms with Crippen LogP contribution in [0, 0.1) is 0 Å². The standard InChI is InChI=1S/C12H16N6OS/c1-12(14,10(13)19)7-8-20-11-15-16-17-18(11)9-5-3-2-4-6-9/h2-6H,7-8,14H2,1H3,(H2,13,19). The van der Waals surface area contributed by atoms with Crippen molar-refractivity contribution >= 4 is 17.7 Å². The van der Waals surface area contributed by atoms with Crippen LogP contribution in [0.15, 0.2) is 35.5 Å². The zero-order chi connectivity index (χ0) is 14.6. The van der Waals surface area contributed by atoms with Gasteiger partial charge in [0.2, 0.25) is 11.1 Å². The number of aromatic nitrogens is 4. The van der Waals surface area contributed by atoms with Crippen molar-refractivity contribution in [2.75, 3.05) is 5.75 Å². The largest absolute Gasteiger partial charge is 0.368 e. The molecule has 0 bridgehead atoms. The van der Waals surface area contributed by atoms with Gasteiger partial charge in [-0.2, -0.15) is 4.68 Å². The Balaban J connectivity index is 2.02. The minimum absolute atomic E-state index is 0.453. The Labute approximate surface area is 120 Å². The third kappa shape index (κ3) is 3.34. The smallest absolute Gasteiger partial charge is 0.237 e. The average molecular weight is 292 g/mol. The molecule has 1 aromatic carbocycles. The van der Waals surface area contributed by atoms with Crippen molar-refractivity contribution < 1.29 is 4.79 Å². The van der Waals surface area contributed by atoms with Gasteiger partial charge in [0.15, 0.2) is 0 Å². The number of primary amides is 1. The van der Waals surface area contributed by atoms with Crippen molar-refractivity contribution in [3.63, 3.8) is 0 Å². The lowest BCUT2D eigenvalue weighted by Crippen LogP contribution is -2.49. The predicted molar refractivity (Wildman–Crippen MR) is 76.3 cm³/mol. The number of tetrazole rings is 1. The minimum atomic E-state index is -1.02. The highest BCUT2D eigenvalue weighted by Gasteiger charge is 2.25. The van der Waals surface area contributed by atoms with Crippen LogP contribution in [0.2, 0.25) is 0 Å². The van der Waals surface area contributed by atoms with E-state index in [1.165, 1.54) is 11.8 Å². The summed E-state index contributed by atoms with van der Waals surface area (Å²) in [5, 5.41) is 12.2. The Morgan fingerprint density at radius 3 is 2.75 bits per heavy atom. The highest BCUT2D eigenvalue weighted by molar-refractivity contribution is 7.99. The van der Waals surface area contributed by atoms with E-state index in [0.29, 0.717) is 17.3 Å². The summed E-state index contributed by atoms with van der Waals surface area (Å²) in [6, 6.07) is 9.58. The van der Waals surface area contributed by atoms with Gasteiger partial charge < -0.3 is 11.5 Å². The lowest BCUT2D eigenvalue weighted by atomic mass is 10.0. The van der Waals surface area contributed by atoms with Crippen molar-refractivity contribution in [1.82, 2.24) is 20.2 Å². The zero-order valence-electron chi connectivity index (χ0n) is 11.1. The lowest BCUT2D eigenvalue weighted by Gasteiger charge is -2.19. The maximum absolute atomic E-state index is 11.1. The number of carbonyl (C=O) groups is 1. The van der Waals surface area contributed by atoms with Gasteiger partial charge in [0.1, 0.15) is 0 Å². The molecule has 1 atom stereocenters. The van der Waals surface area contributed by atoms with E-state index < -0.39 is 11.4 Å². The highest BCUT2D eigenvalue weighted by atomic mass is 32.2. The van der Waals surface area contributed by atoms with Gasteiger partial charge in [-0.1, -0.05) is 30.0 Å². The SMILES string of the molecule is CC(N)(CCSc1nnnn1-c1ccccc1)C(N)=O. The number of amides is 1. The molecule has 20 heavy (non-hydrogen) atoms. The topological polar surface area (TPSA) is 113 Å². The minimum Gasteiger partial charge on any atom is -0.368 e. The number of hydrogen-bond acceptors (Lipinski definition) is 6. The van der Waals surface area contributed by atoms with Gasteiger partial charge in [0, 0.05) is 5.75 Å². The van der Waals surface area contributed by atoms with Crippen LogP contribution in [0.1, 0.15) is 13.3 Å². The van der Waals surface area contributed by atoms with Crippen LogP contribution in [-0.2, 0) is 4.79 Å². The Morgan fingerprint density at radius 1 is 1.40 bits per heavy atom. The molecule has 0 aliphatic carbocycles. The molecule has 0 fully saturated rings. The van der Waals surface area contributed by atoms with E-state index >= 15 is 0 Å². The summed E-state index contributed by atoms with van der Waals surface area (Å²) in [7, 11) is 0. The van der Waals surface area contributed by atoms with E-state index in [9.17, 15) is 4.79 Å². The van der Waals surface area contributed by atoms with Crippen LogP contribution in [0.5, 0.6) is 0 Å². The lowest BCUT2D eigenvalue weighted by molar-refractivity contribution is -0.122. The van der Waals surface area contributed by atoms with Crippen molar-refractivity contribution in [2.24, 2.45) is 11.5 Å². The number of benzene rings is 1. The Hall–Kier alpha value is -1.93. The number of nitrogens with zero attached hydrogens (tertiary/aromatic N) is 4. The first-order chi connectivity index (χ1) is 9.50. The second-order valence-corrected chi connectivity index (χ2v) is 5.65. The van der Waals surface area contributed by atoms with Gasteiger partial charge in [-0.3, -0.25) is 4.79 Å². The number of carbonyl (C=O) groups excluding carboxylic acids is 1. The van der Waals surface area contributed by atoms with Crippen molar-refractivity contribution in [2.45, 2.75) is 24.0 Å². The summed E-state index contributed by atoms with van der Waals surface area (Å²) in [5.41, 5.74) is 10.9. The predicted octanol–water partition coefficient (Wildman–Crippen LogP) is 0.347. The molecule has 0 saturated carbocycles. The number of rotatable bonds is 6. The second-order valence-electron chi connectivity index (χ2n) is 4.59. The van der Waals surface area contributed by atoms with Gasteiger partial charge in [0.05, 0.1) is 11.2 Å². The third-order valence-corrected chi connectivity index (χ3v) is 3.78. The van der Waals surface area contributed by atoms with Crippen molar-refractivity contribution in [3.05, 3.63) is 30.3 Å². The fraction of sp³-hybridized carbons (Fsp3) is 0.333. The quantitative estimate of drug-likeness (QED) is 0.743. The molecule has 0 aliphatic rings. The van der Waals surface area contributed by atoms with Crippen LogP contribution in [0.3, 0.4) is 0 Å². The van der Waals surface area contributed by atoms with Crippen LogP contribution in [0.4, 0.5) is 0 Å². The van der Waals surface area contributed by atoms with E-state index in [4.69, 9.17) is 11.5 Å². The third-order valence-electron chi connectivity index (χ3n) is 2.86. The monoisotopic (exact) mass is 292 g/mol. The average Bonchev–Trinajstić information content (AvgIpc) is 2.88. The molecule has 8 heteroatoms. The van der Waals surface area contributed by atoms with Crippen LogP contribution in [-0.4, -0.2) is 37.4 Å². The molecule has 0 saturated heterocycles. The summed E-state index contributed by atoms with van der Waals surface area (Å²) in [4.78, 5) is 11.1. The molecule has 2 aromatic rings. The summed E-state index contributed by atoms with van der Waals surface area (Å²) >= 11 is 1.43. The number of para-hydroxylation sites is 1. The van der Waals surface area contributed by atoms with Gasteiger partial charge in [-0.05, 0) is 35.9 Å². The molecule has 1 unspecified atom stereocenters. The van der Waals surface area contributed by atoms with Gasteiger partial charge in [0.25, 0.3) is 0 Å². The summed E-state index contributed by atoms with van der Waals surface area (Å²) in [6.45, 7) is 1.62. The van der Waals surface area contributed by atoms with E-state index in [-0.39, 0.29) is 0 Å². The number of hydrogen-bond donors (Lipinski definition) is 2. The zero-order valence-corrected chi connectivity index (χ0v) is 11.9. The Morgan fingerprint density at radius 2 is 2.10 bits per heavy atom. The molecular formula is C12H16N6OS. The normalized spacial score (nSPS) is 13.9. The summed E-state index contributed by atoms with van der Waals surface area (Å²) in [6.07, 6.45) is 0.453. The van der Waals surface area contributed by atoms with Crippen molar-refractivity contribution in [1.29, 1.82) is 0 Å². The maximum atomic E-state index is 11.1. The second kappa shape index (κ2) is 6.02.